The van der Waals surface area contributed by atoms with Crippen LogP contribution in [0.15, 0.2) is 30.3 Å². The van der Waals surface area contributed by atoms with Crippen LogP contribution in [0.2, 0.25) is 0 Å². The van der Waals surface area contributed by atoms with Crippen molar-refractivity contribution in [3.63, 3.8) is 0 Å². The van der Waals surface area contributed by atoms with Gasteiger partial charge in [-0.15, -0.1) is 0 Å². The van der Waals surface area contributed by atoms with Crippen molar-refractivity contribution in [1.29, 1.82) is 0 Å². The van der Waals surface area contributed by atoms with Crippen LogP contribution in [0.3, 0.4) is 0 Å². The van der Waals surface area contributed by atoms with Crippen molar-refractivity contribution in [3.8, 4) is 0 Å². The third kappa shape index (κ3) is 2.67. The SMILES string of the molecule is S=P12CC3(c4ccccc4)SP(=S)(S1)SP(=S)(S3)S2. The molecular formula is C8H7P3S8. The van der Waals surface area contributed by atoms with Crippen LogP contribution in [0.5, 0.6) is 0 Å². The minimum absolute atomic E-state index is 0.0869. The van der Waals surface area contributed by atoms with E-state index in [9.17, 15) is 0 Å². The number of hydrogen-bond acceptors (Lipinski definition) is 8. The first kappa shape index (κ1) is 15.4. The molecule has 4 heterocycles. The molecule has 1 aromatic carbocycles. The van der Waals surface area contributed by atoms with Gasteiger partial charge < -0.3 is 0 Å². The van der Waals surface area contributed by atoms with E-state index in [-0.39, 0.29) is 4.08 Å². The van der Waals surface area contributed by atoms with Gasteiger partial charge in [-0.3, -0.25) is 0 Å². The summed E-state index contributed by atoms with van der Waals surface area (Å²) in [5, 5.41) is 0. The predicted octanol–water partition coefficient (Wildman–Crippen LogP) is 7.30. The summed E-state index contributed by atoms with van der Waals surface area (Å²) < 4.78 is -4.35. The Morgan fingerprint density at radius 1 is 0.895 bits per heavy atom. The lowest BCUT2D eigenvalue weighted by Gasteiger charge is -2.57. The topological polar surface area (TPSA) is 0 Å². The zero-order valence-corrected chi connectivity index (χ0v) is 18.4. The maximum atomic E-state index is 6.03. The van der Waals surface area contributed by atoms with E-state index in [0.717, 1.165) is 6.16 Å². The van der Waals surface area contributed by atoms with E-state index < -0.39 is 11.7 Å². The third-order valence-corrected chi connectivity index (χ3v) is 61.2. The Hall–Kier alpha value is 2.92. The summed E-state index contributed by atoms with van der Waals surface area (Å²) in [6.45, 7) is 0. The molecule has 0 saturated carbocycles. The summed E-state index contributed by atoms with van der Waals surface area (Å²) in [6.07, 6.45) is 1.11. The summed E-state index contributed by atoms with van der Waals surface area (Å²) >= 11 is 28.0. The summed E-state index contributed by atoms with van der Waals surface area (Å²) in [5.74, 6) is 0. The summed E-state index contributed by atoms with van der Waals surface area (Å²) in [6, 6.07) is 10.8. The molecule has 0 nitrogen and oxygen atoms in total. The minimum atomic E-state index is -1.50. The van der Waals surface area contributed by atoms with Gasteiger partial charge in [-0.25, -0.2) is 0 Å². The molecule has 1 aromatic rings. The first-order chi connectivity index (χ1) is 8.85. The largest absolute Gasteiger partial charge is 0.122 e. The van der Waals surface area contributed by atoms with Crippen LogP contribution in [0.25, 0.3) is 0 Å². The molecule has 0 spiro atoms. The van der Waals surface area contributed by atoms with E-state index in [1.54, 1.807) is 0 Å². The molecule has 0 aliphatic carbocycles. The highest BCUT2D eigenvalue weighted by Gasteiger charge is 2.63. The molecule has 0 aromatic heterocycles. The summed E-state index contributed by atoms with van der Waals surface area (Å²) in [4.78, 5) is 0. The van der Waals surface area contributed by atoms with Crippen LogP contribution in [-0.2, 0) is 39.5 Å². The van der Waals surface area contributed by atoms with Gasteiger partial charge in [0.1, 0.15) is 11.4 Å². The number of hydrogen-bond donors (Lipinski definition) is 0. The van der Waals surface area contributed by atoms with Crippen molar-refractivity contribution in [1.82, 2.24) is 0 Å². The summed E-state index contributed by atoms with van der Waals surface area (Å²) in [7, 11) is 0. The van der Waals surface area contributed by atoms with E-state index in [1.165, 1.54) is 5.56 Å². The van der Waals surface area contributed by atoms with Crippen LogP contribution in [-0.4, -0.2) is 6.16 Å². The molecule has 0 radical (unpaired) electrons. The zero-order chi connectivity index (χ0) is 13.4. The van der Waals surface area contributed by atoms with Crippen LogP contribution >= 0.6 is 67.5 Å². The smallest absolute Gasteiger partial charge is 0.0798 e. The average molecular weight is 453 g/mol. The molecule has 4 fully saturated rings. The molecule has 19 heavy (non-hydrogen) atoms. The van der Waals surface area contributed by atoms with Crippen molar-refractivity contribution in [2.24, 2.45) is 0 Å². The fourth-order valence-electron chi connectivity index (χ4n) is 2.18. The van der Waals surface area contributed by atoms with E-state index in [0.29, 0.717) is 0 Å². The highest BCUT2D eigenvalue weighted by atomic mass is 33.9. The van der Waals surface area contributed by atoms with Crippen molar-refractivity contribution < 1.29 is 0 Å². The monoisotopic (exact) mass is 452 g/mol. The lowest BCUT2D eigenvalue weighted by atomic mass is 10.2. The maximum Gasteiger partial charge on any atom is 0.122 e. The van der Waals surface area contributed by atoms with Gasteiger partial charge in [-0.1, -0.05) is 111 Å². The van der Waals surface area contributed by atoms with Gasteiger partial charge in [0.15, 0.2) is 0 Å². The second-order valence-corrected chi connectivity index (χ2v) is 46.2. The minimum Gasteiger partial charge on any atom is -0.0798 e. The van der Waals surface area contributed by atoms with Gasteiger partial charge in [0.2, 0.25) is 0 Å². The first-order valence-electron chi connectivity index (χ1n) is 5.25. The van der Waals surface area contributed by atoms with Gasteiger partial charge in [-0.05, 0) is 16.6 Å². The fraction of sp³-hybridized carbons (Fsp3) is 0.250. The van der Waals surface area contributed by atoms with E-state index in [1.807, 2.05) is 55.8 Å². The van der Waals surface area contributed by atoms with E-state index in [4.69, 9.17) is 35.4 Å². The molecule has 102 valence electrons. The van der Waals surface area contributed by atoms with E-state index >= 15 is 0 Å². The number of benzene rings is 1. The lowest BCUT2D eigenvalue weighted by molar-refractivity contribution is 1.04. The number of rotatable bonds is 1. The van der Waals surface area contributed by atoms with Gasteiger partial charge in [-0.2, -0.15) is 0 Å². The quantitative estimate of drug-likeness (QED) is 0.402. The molecule has 11 heteroatoms. The Morgan fingerprint density at radius 3 is 2.00 bits per heavy atom. The molecule has 0 amide bonds. The van der Waals surface area contributed by atoms with Gasteiger partial charge >= 0.3 is 0 Å². The van der Waals surface area contributed by atoms with Crippen LogP contribution in [0.1, 0.15) is 5.56 Å². The van der Waals surface area contributed by atoms with E-state index in [2.05, 4.69) is 30.3 Å². The Morgan fingerprint density at radius 2 is 1.47 bits per heavy atom. The molecule has 0 N–H and O–H groups in total. The molecule has 4 bridgehead atoms. The van der Waals surface area contributed by atoms with Crippen LogP contribution < -0.4 is 0 Å². The first-order valence-corrected chi connectivity index (χ1v) is 22.8. The molecule has 2 atom stereocenters. The maximum absolute atomic E-state index is 6.03. The molecule has 4 saturated heterocycles. The Labute approximate surface area is 147 Å². The molecule has 5 rings (SSSR count). The molecule has 2 unspecified atom stereocenters. The Bertz CT molecular complexity index is 617. The molecular weight excluding hydrogens is 446 g/mol. The van der Waals surface area contributed by atoms with Crippen molar-refractivity contribution in [3.05, 3.63) is 35.9 Å². The zero-order valence-electron chi connectivity index (χ0n) is 9.20. The third-order valence-electron chi connectivity index (χ3n) is 2.78. The average Bonchev–Trinajstić information content (AvgIpc) is 2.23. The predicted molar refractivity (Wildman–Crippen MR) is 114 cm³/mol. The van der Waals surface area contributed by atoms with Gasteiger partial charge in [0, 0.05) is 6.16 Å². The highest BCUT2D eigenvalue weighted by Crippen LogP contribution is 3.19. The van der Waals surface area contributed by atoms with Crippen molar-refractivity contribution in [2.75, 3.05) is 6.16 Å². The highest BCUT2D eigenvalue weighted by molar-refractivity contribution is 9.61. The second kappa shape index (κ2) is 4.96. The van der Waals surface area contributed by atoms with Gasteiger partial charge in [0.25, 0.3) is 0 Å². The van der Waals surface area contributed by atoms with Crippen molar-refractivity contribution in [2.45, 2.75) is 4.08 Å². The second-order valence-electron chi connectivity index (χ2n) is 4.21. The lowest BCUT2D eigenvalue weighted by Crippen LogP contribution is -2.26. The molecule has 4 aliphatic rings. The summed E-state index contributed by atoms with van der Waals surface area (Å²) in [5.41, 5.74) is 1.39. The van der Waals surface area contributed by atoms with Crippen molar-refractivity contribution >= 4 is 103 Å². The Kier molecular flexibility index (Phi) is 4.03. The van der Waals surface area contributed by atoms with Crippen LogP contribution in [0, 0.1) is 0 Å². The van der Waals surface area contributed by atoms with Gasteiger partial charge in [0.05, 0.1) is 4.44 Å². The normalized spacial score (nSPS) is 51.4. The fourth-order valence-corrected chi connectivity index (χ4v) is 124. The standard InChI is InChI=1S/C8H7P3S8/c12-9-6-8(7-4-2-1-3-5-7)15-10(13,17-9)19-11(14,16-8)18-9/h1-5H,6H2. The van der Waals surface area contributed by atoms with Crippen LogP contribution in [0.4, 0.5) is 0 Å². The molecule has 4 aliphatic heterocycles. The Balaban J connectivity index is 1.94.